The average Bonchev–Trinajstić information content (AvgIpc) is 2.40. The molecule has 0 radical (unpaired) electrons. The molecule has 0 aromatic heterocycles. The largest absolute Gasteiger partial charge is 0.396 e. The van der Waals surface area contributed by atoms with Crippen LogP contribution in [-0.4, -0.2) is 18.3 Å². The second-order valence-corrected chi connectivity index (χ2v) is 4.45. The second-order valence-electron chi connectivity index (χ2n) is 4.45. The van der Waals surface area contributed by atoms with Gasteiger partial charge in [-0.15, -0.1) is 0 Å². The van der Waals surface area contributed by atoms with Crippen LogP contribution in [0.25, 0.3) is 0 Å². The van der Waals surface area contributed by atoms with Gasteiger partial charge in [-0.1, -0.05) is 13.3 Å². The van der Waals surface area contributed by atoms with Crippen molar-refractivity contribution >= 4 is 0 Å². The van der Waals surface area contributed by atoms with E-state index >= 15 is 0 Å². The number of hydrogen-bond donors (Lipinski definition) is 2. The van der Waals surface area contributed by atoms with Gasteiger partial charge in [-0.3, -0.25) is 0 Å². The molecule has 0 spiro atoms. The van der Waals surface area contributed by atoms with Gasteiger partial charge in [-0.05, 0) is 31.0 Å². The van der Waals surface area contributed by atoms with Gasteiger partial charge < -0.3 is 10.4 Å². The molecule has 104 valence electrons. The maximum absolute atomic E-state index is 13.6. The highest BCUT2D eigenvalue weighted by Crippen LogP contribution is 2.15. The lowest BCUT2D eigenvalue weighted by Gasteiger charge is -2.14. The fourth-order valence-electron chi connectivity index (χ4n) is 1.87. The lowest BCUT2D eigenvalue weighted by Crippen LogP contribution is -2.24. The maximum Gasteiger partial charge on any atom is 0.131 e. The van der Waals surface area contributed by atoms with E-state index in [0.717, 1.165) is 18.6 Å². The molecule has 1 atom stereocenters. The number of aliphatic hydroxyl groups is 1. The van der Waals surface area contributed by atoms with Crippen molar-refractivity contribution in [3.8, 4) is 6.07 Å². The fourth-order valence-corrected chi connectivity index (χ4v) is 1.87. The molecule has 5 heteroatoms. The van der Waals surface area contributed by atoms with Crippen LogP contribution in [-0.2, 0) is 6.54 Å². The Labute approximate surface area is 111 Å². The summed E-state index contributed by atoms with van der Waals surface area (Å²) >= 11 is 0. The first-order valence-corrected chi connectivity index (χ1v) is 6.32. The summed E-state index contributed by atoms with van der Waals surface area (Å²) in [6, 6.07) is 3.77. The first-order chi connectivity index (χ1) is 9.12. The van der Waals surface area contributed by atoms with E-state index in [0.29, 0.717) is 13.0 Å². The van der Waals surface area contributed by atoms with Gasteiger partial charge in [0.2, 0.25) is 0 Å². The zero-order valence-electron chi connectivity index (χ0n) is 10.9. The van der Waals surface area contributed by atoms with E-state index in [2.05, 4.69) is 5.32 Å². The van der Waals surface area contributed by atoms with E-state index in [1.807, 2.05) is 6.92 Å². The van der Waals surface area contributed by atoms with E-state index in [4.69, 9.17) is 10.4 Å². The van der Waals surface area contributed by atoms with Gasteiger partial charge in [-0.2, -0.15) is 5.26 Å². The SMILES string of the molecule is CCC(CCO)CNCc1c(F)cc(C#N)cc1F. The summed E-state index contributed by atoms with van der Waals surface area (Å²) in [5, 5.41) is 20.4. The molecule has 0 saturated heterocycles. The number of nitrogens with one attached hydrogen (secondary N) is 1. The standard InChI is InChI=1S/C14H18F2N2O/c1-2-10(3-4-19)8-18-9-12-13(15)5-11(7-17)6-14(12)16/h5-6,10,18-19H,2-4,8-9H2,1H3. The van der Waals surface area contributed by atoms with Crippen LogP contribution in [0, 0.1) is 28.9 Å². The summed E-state index contributed by atoms with van der Waals surface area (Å²) in [7, 11) is 0. The van der Waals surface area contributed by atoms with E-state index in [9.17, 15) is 8.78 Å². The van der Waals surface area contributed by atoms with E-state index in [1.54, 1.807) is 6.07 Å². The molecule has 2 N–H and O–H groups in total. The molecule has 1 aromatic carbocycles. The van der Waals surface area contributed by atoms with Crippen molar-refractivity contribution in [1.82, 2.24) is 5.32 Å². The van der Waals surface area contributed by atoms with Crippen LogP contribution in [0.3, 0.4) is 0 Å². The highest BCUT2D eigenvalue weighted by atomic mass is 19.1. The Morgan fingerprint density at radius 3 is 2.47 bits per heavy atom. The van der Waals surface area contributed by atoms with Crippen LogP contribution >= 0.6 is 0 Å². The van der Waals surface area contributed by atoms with Crippen molar-refractivity contribution < 1.29 is 13.9 Å². The smallest absolute Gasteiger partial charge is 0.131 e. The van der Waals surface area contributed by atoms with Crippen molar-refractivity contribution in [2.45, 2.75) is 26.3 Å². The summed E-state index contributed by atoms with van der Waals surface area (Å²) in [5.41, 5.74) is -0.0803. The molecule has 0 bridgehead atoms. The van der Waals surface area contributed by atoms with Gasteiger partial charge >= 0.3 is 0 Å². The number of hydrogen-bond acceptors (Lipinski definition) is 3. The number of rotatable bonds is 7. The molecule has 0 heterocycles. The van der Waals surface area contributed by atoms with Crippen LogP contribution < -0.4 is 5.32 Å². The van der Waals surface area contributed by atoms with Crippen LogP contribution in [0.2, 0.25) is 0 Å². The lowest BCUT2D eigenvalue weighted by molar-refractivity contribution is 0.251. The van der Waals surface area contributed by atoms with Gasteiger partial charge in [0.1, 0.15) is 11.6 Å². The predicted molar refractivity (Wildman–Crippen MR) is 68.3 cm³/mol. The molecule has 0 aliphatic rings. The van der Waals surface area contributed by atoms with E-state index in [-0.39, 0.29) is 30.2 Å². The molecule has 19 heavy (non-hydrogen) atoms. The van der Waals surface area contributed by atoms with Gasteiger partial charge in [0.25, 0.3) is 0 Å². The molecule has 1 unspecified atom stereocenters. The summed E-state index contributed by atoms with van der Waals surface area (Å²) in [6.07, 6.45) is 1.56. The Hall–Kier alpha value is -1.51. The zero-order chi connectivity index (χ0) is 14.3. The molecule has 1 rings (SSSR count). The fraction of sp³-hybridized carbons (Fsp3) is 0.500. The maximum atomic E-state index is 13.6. The van der Waals surface area contributed by atoms with E-state index < -0.39 is 11.6 Å². The van der Waals surface area contributed by atoms with E-state index in [1.165, 1.54) is 0 Å². The first-order valence-electron chi connectivity index (χ1n) is 6.32. The van der Waals surface area contributed by atoms with Gasteiger partial charge in [-0.25, -0.2) is 8.78 Å². The van der Waals surface area contributed by atoms with Gasteiger partial charge in [0.05, 0.1) is 11.6 Å². The molecule has 1 aromatic rings. The topological polar surface area (TPSA) is 56.0 Å². The number of nitriles is 1. The highest BCUT2D eigenvalue weighted by molar-refractivity contribution is 5.34. The molecule has 3 nitrogen and oxygen atoms in total. The molecular weight excluding hydrogens is 250 g/mol. The second kappa shape index (κ2) is 7.82. The minimum atomic E-state index is -0.709. The van der Waals surface area contributed by atoms with Crippen LogP contribution in [0.1, 0.15) is 30.9 Å². The highest BCUT2D eigenvalue weighted by Gasteiger charge is 2.12. The molecule has 0 aliphatic carbocycles. The van der Waals surface area contributed by atoms with Crippen molar-refractivity contribution in [3.05, 3.63) is 34.9 Å². The third-order valence-electron chi connectivity index (χ3n) is 3.12. The third-order valence-corrected chi connectivity index (χ3v) is 3.12. The van der Waals surface area contributed by atoms with Gasteiger partial charge in [0, 0.05) is 18.7 Å². The summed E-state index contributed by atoms with van der Waals surface area (Å²) in [4.78, 5) is 0. The van der Waals surface area contributed by atoms with Gasteiger partial charge in [0.15, 0.2) is 0 Å². The first kappa shape index (κ1) is 15.5. The van der Waals surface area contributed by atoms with Crippen LogP contribution in [0.15, 0.2) is 12.1 Å². The van der Waals surface area contributed by atoms with Crippen molar-refractivity contribution in [3.63, 3.8) is 0 Å². The van der Waals surface area contributed by atoms with Crippen LogP contribution in [0.4, 0.5) is 8.78 Å². The number of halogens is 2. The Morgan fingerprint density at radius 2 is 2.00 bits per heavy atom. The van der Waals surface area contributed by atoms with Crippen molar-refractivity contribution in [2.24, 2.45) is 5.92 Å². The van der Waals surface area contributed by atoms with Crippen molar-refractivity contribution in [1.29, 1.82) is 5.26 Å². The molecular formula is C14H18F2N2O. The Kier molecular flexibility index (Phi) is 6.40. The quantitative estimate of drug-likeness (QED) is 0.798. The lowest BCUT2D eigenvalue weighted by atomic mass is 10.0. The Balaban J connectivity index is 2.61. The molecule has 0 amide bonds. The molecule has 0 fully saturated rings. The number of aliphatic hydroxyl groups excluding tert-OH is 1. The minimum Gasteiger partial charge on any atom is -0.396 e. The summed E-state index contributed by atoms with van der Waals surface area (Å²) in [5.74, 6) is -1.13. The Morgan fingerprint density at radius 1 is 1.37 bits per heavy atom. The molecule has 0 aliphatic heterocycles. The van der Waals surface area contributed by atoms with Crippen molar-refractivity contribution in [2.75, 3.05) is 13.2 Å². The number of nitrogens with zero attached hydrogens (tertiary/aromatic N) is 1. The average molecular weight is 268 g/mol. The summed E-state index contributed by atoms with van der Waals surface area (Å²) in [6.45, 7) is 2.78. The minimum absolute atomic E-state index is 0.0227. The molecule has 0 saturated carbocycles. The third kappa shape index (κ3) is 4.58. The normalized spacial score (nSPS) is 12.2. The summed E-state index contributed by atoms with van der Waals surface area (Å²) < 4.78 is 27.2. The zero-order valence-corrected chi connectivity index (χ0v) is 10.9. The Bertz CT molecular complexity index is 434. The monoisotopic (exact) mass is 268 g/mol. The number of benzene rings is 1. The van der Waals surface area contributed by atoms with Crippen LogP contribution in [0.5, 0.6) is 0 Å². The predicted octanol–water partition coefficient (Wildman–Crippen LogP) is 2.33.